The zero-order valence-corrected chi connectivity index (χ0v) is 19.1. The maximum Gasteiger partial charge on any atom is 0.270 e. The highest BCUT2D eigenvalue weighted by Crippen LogP contribution is 2.32. The normalized spacial score (nSPS) is 14.5. The molecule has 0 aliphatic carbocycles. The van der Waals surface area contributed by atoms with Crippen molar-refractivity contribution in [2.45, 2.75) is 25.4 Å². The second-order valence-corrected chi connectivity index (χ2v) is 8.49. The zero-order valence-electron chi connectivity index (χ0n) is 18.3. The molecule has 0 radical (unpaired) electrons. The summed E-state index contributed by atoms with van der Waals surface area (Å²) in [5.41, 5.74) is 2.58. The maximum absolute atomic E-state index is 13.0. The van der Waals surface area contributed by atoms with E-state index < -0.39 is 0 Å². The van der Waals surface area contributed by atoms with Gasteiger partial charge < -0.3 is 18.9 Å². The van der Waals surface area contributed by atoms with Crippen molar-refractivity contribution in [2.24, 2.45) is 7.05 Å². The fourth-order valence-electron chi connectivity index (χ4n) is 4.30. The molecule has 1 fully saturated rings. The number of fused-ring (bicyclic) bond motifs is 1. The van der Waals surface area contributed by atoms with E-state index in [0.717, 1.165) is 47.2 Å². The van der Waals surface area contributed by atoms with Gasteiger partial charge in [0.05, 0.1) is 17.8 Å². The largest absolute Gasteiger partial charge is 0.490 e. The first kappa shape index (κ1) is 22.2. The third-order valence-electron chi connectivity index (χ3n) is 6.00. The van der Waals surface area contributed by atoms with Gasteiger partial charge >= 0.3 is 0 Å². The predicted octanol–water partition coefficient (Wildman–Crippen LogP) is 4.30. The summed E-state index contributed by atoms with van der Waals surface area (Å²) in [5.74, 6) is 0.760. The van der Waals surface area contributed by atoms with Crippen LogP contribution in [0.1, 0.15) is 24.0 Å². The molecule has 3 aromatic rings. The summed E-state index contributed by atoms with van der Waals surface area (Å²) in [4.78, 5) is 15.1. The Morgan fingerprint density at radius 3 is 2.66 bits per heavy atom. The van der Waals surface area contributed by atoms with E-state index in [0.29, 0.717) is 24.7 Å². The number of hydrogen-bond donors (Lipinski definition) is 0. The molecule has 0 N–H and O–H groups in total. The molecule has 0 atom stereocenters. The fourth-order valence-corrected chi connectivity index (χ4v) is 4.48. The highest BCUT2D eigenvalue weighted by atomic mass is 35.5. The van der Waals surface area contributed by atoms with Gasteiger partial charge in [0, 0.05) is 50.5 Å². The van der Waals surface area contributed by atoms with Crippen LogP contribution in [0, 0.1) is 11.3 Å². The number of ether oxygens (including phenoxy) is 2. The van der Waals surface area contributed by atoms with E-state index in [1.807, 2.05) is 42.5 Å². The number of benzene rings is 2. The number of halogens is 1. The Morgan fingerprint density at radius 2 is 1.97 bits per heavy atom. The molecule has 1 saturated heterocycles. The first-order valence-corrected chi connectivity index (χ1v) is 11.1. The Balaban J connectivity index is 1.63. The molecule has 7 heteroatoms. The summed E-state index contributed by atoms with van der Waals surface area (Å²) < 4.78 is 12.9. The highest BCUT2D eigenvalue weighted by molar-refractivity contribution is 6.30. The average molecular weight is 452 g/mol. The number of rotatable bonds is 6. The van der Waals surface area contributed by atoms with E-state index in [4.69, 9.17) is 21.1 Å². The molecule has 1 aromatic heterocycles. The van der Waals surface area contributed by atoms with Gasteiger partial charge in [-0.05, 0) is 36.2 Å². The SMILES string of the molecule is COCCc1ccc2c(N3CCC(Oc4cccc(Cl)c4)CC3)c(C#N)c(=O)n(C)c2c1. The predicted molar refractivity (Wildman–Crippen MR) is 127 cm³/mol. The van der Waals surface area contributed by atoms with Gasteiger partial charge in [-0.25, -0.2) is 0 Å². The molecule has 2 heterocycles. The molecular weight excluding hydrogens is 426 g/mol. The summed E-state index contributed by atoms with van der Waals surface area (Å²) in [6, 6.07) is 15.7. The van der Waals surface area contributed by atoms with E-state index in [2.05, 4.69) is 11.0 Å². The van der Waals surface area contributed by atoms with Gasteiger partial charge in [-0.1, -0.05) is 29.8 Å². The summed E-state index contributed by atoms with van der Waals surface area (Å²) in [6.07, 6.45) is 2.41. The van der Waals surface area contributed by atoms with Crippen LogP contribution in [0.3, 0.4) is 0 Å². The van der Waals surface area contributed by atoms with Crippen LogP contribution < -0.4 is 15.2 Å². The zero-order chi connectivity index (χ0) is 22.7. The van der Waals surface area contributed by atoms with Crippen molar-refractivity contribution in [3.05, 3.63) is 69.0 Å². The molecular formula is C25H26ClN3O3. The minimum Gasteiger partial charge on any atom is -0.490 e. The number of methoxy groups -OCH3 is 1. The van der Waals surface area contributed by atoms with Crippen molar-refractivity contribution in [2.75, 3.05) is 31.7 Å². The number of aryl methyl sites for hydroxylation is 1. The van der Waals surface area contributed by atoms with Crippen LogP contribution in [0.2, 0.25) is 5.02 Å². The molecule has 2 aromatic carbocycles. The van der Waals surface area contributed by atoms with E-state index in [-0.39, 0.29) is 17.2 Å². The number of pyridine rings is 1. The lowest BCUT2D eigenvalue weighted by molar-refractivity contribution is 0.171. The van der Waals surface area contributed by atoms with Crippen molar-refractivity contribution in [1.82, 2.24) is 4.57 Å². The number of hydrogen-bond acceptors (Lipinski definition) is 5. The van der Waals surface area contributed by atoms with E-state index in [1.54, 1.807) is 18.7 Å². The minimum atomic E-state index is -0.267. The molecule has 1 aliphatic rings. The molecule has 0 amide bonds. The second-order valence-electron chi connectivity index (χ2n) is 8.06. The monoisotopic (exact) mass is 451 g/mol. The van der Waals surface area contributed by atoms with Crippen molar-refractivity contribution in [1.29, 1.82) is 5.26 Å². The summed E-state index contributed by atoms with van der Waals surface area (Å²) in [7, 11) is 3.40. The number of anilines is 1. The van der Waals surface area contributed by atoms with Gasteiger partial charge in [-0.2, -0.15) is 5.26 Å². The van der Waals surface area contributed by atoms with Gasteiger partial charge in [0.15, 0.2) is 0 Å². The smallest absolute Gasteiger partial charge is 0.270 e. The molecule has 166 valence electrons. The first-order valence-electron chi connectivity index (χ1n) is 10.7. The topological polar surface area (TPSA) is 67.5 Å². The van der Waals surface area contributed by atoms with E-state index >= 15 is 0 Å². The summed E-state index contributed by atoms with van der Waals surface area (Å²) in [6.45, 7) is 2.02. The number of aromatic nitrogens is 1. The maximum atomic E-state index is 13.0. The molecule has 0 saturated carbocycles. The van der Waals surface area contributed by atoms with Gasteiger partial charge in [0.2, 0.25) is 0 Å². The van der Waals surface area contributed by atoms with Crippen LogP contribution >= 0.6 is 11.6 Å². The Bertz CT molecular complexity index is 1220. The first-order chi connectivity index (χ1) is 15.5. The van der Waals surface area contributed by atoms with Crippen molar-refractivity contribution >= 4 is 28.2 Å². The molecule has 0 spiro atoms. The van der Waals surface area contributed by atoms with Crippen LogP contribution in [0.15, 0.2) is 47.3 Å². The van der Waals surface area contributed by atoms with Crippen molar-refractivity contribution in [3.8, 4) is 11.8 Å². The molecule has 32 heavy (non-hydrogen) atoms. The number of nitrogens with zero attached hydrogens (tertiary/aromatic N) is 3. The summed E-state index contributed by atoms with van der Waals surface area (Å²) >= 11 is 6.06. The molecule has 0 unspecified atom stereocenters. The molecule has 4 rings (SSSR count). The quantitative estimate of drug-likeness (QED) is 0.559. The van der Waals surface area contributed by atoms with Gasteiger partial charge in [-0.3, -0.25) is 4.79 Å². The minimum absolute atomic E-state index is 0.0636. The van der Waals surface area contributed by atoms with Crippen LogP contribution in [0.25, 0.3) is 10.9 Å². The lowest BCUT2D eigenvalue weighted by Gasteiger charge is -2.35. The van der Waals surface area contributed by atoms with Gasteiger partial charge in [-0.15, -0.1) is 0 Å². The molecule has 1 aliphatic heterocycles. The number of nitriles is 1. The average Bonchev–Trinajstić information content (AvgIpc) is 2.80. The molecule has 0 bridgehead atoms. The fraction of sp³-hybridized carbons (Fsp3) is 0.360. The Kier molecular flexibility index (Phi) is 6.69. The molecule has 6 nitrogen and oxygen atoms in total. The Labute approximate surface area is 192 Å². The van der Waals surface area contributed by atoms with Crippen LogP contribution in [0.5, 0.6) is 5.75 Å². The third-order valence-corrected chi connectivity index (χ3v) is 6.23. The Morgan fingerprint density at radius 1 is 1.19 bits per heavy atom. The third kappa shape index (κ3) is 4.45. The standard InChI is InChI=1S/C25H26ClN3O3/c1-28-23-14-17(10-13-31-2)6-7-21(23)24(22(16-27)25(28)30)29-11-8-19(9-12-29)32-20-5-3-4-18(26)15-20/h3-7,14-15,19H,8-13H2,1-2H3. The van der Waals surface area contributed by atoms with E-state index in [9.17, 15) is 10.1 Å². The second kappa shape index (κ2) is 9.64. The Hall–Kier alpha value is -3.01. The van der Waals surface area contributed by atoms with Crippen LogP contribution in [-0.2, 0) is 18.2 Å². The van der Waals surface area contributed by atoms with Gasteiger partial charge in [0.25, 0.3) is 5.56 Å². The number of piperidine rings is 1. The van der Waals surface area contributed by atoms with Crippen molar-refractivity contribution < 1.29 is 9.47 Å². The lowest BCUT2D eigenvalue weighted by Crippen LogP contribution is -2.40. The van der Waals surface area contributed by atoms with Gasteiger partial charge in [0.1, 0.15) is 23.5 Å². The highest BCUT2D eigenvalue weighted by Gasteiger charge is 2.26. The van der Waals surface area contributed by atoms with Crippen LogP contribution in [0.4, 0.5) is 5.69 Å². The van der Waals surface area contributed by atoms with E-state index in [1.165, 1.54) is 0 Å². The van der Waals surface area contributed by atoms with Crippen LogP contribution in [-0.4, -0.2) is 37.5 Å². The summed E-state index contributed by atoms with van der Waals surface area (Å²) in [5, 5.41) is 11.4. The van der Waals surface area contributed by atoms with Crippen molar-refractivity contribution in [3.63, 3.8) is 0 Å². The lowest BCUT2D eigenvalue weighted by atomic mass is 10.0.